The van der Waals surface area contributed by atoms with Gasteiger partial charge in [0.2, 0.25) is 0 Å². The third kappa shape index (κ3) is 3.47. The first kappa shape index (κ1) is 16.0. The van der Waals surface area contributed by atoms with Gasteiger partial charge in [-0.1, -0.05) is 18.2 Å². The van der Waals surface area contributed by atoms with Crippen LogP contribution in [0.25, 0.3) is 0 Å². The zero-order valence-corrected chi connectivity index (χ0v) is 14.7. The lowest BCUT2D eigenvalue weighted by molar-refractivity contribution is 0.0759. The van der Waals surface area contributed by atoms with Crippen molar-refractivity contribution in [3.63, 3.8) is 0 Å². The van der Waals surface area contributed by atoms with E-state index in [4.69, 9.17) is 9.47 Å². The number of fused-ring (bicyclic) bond motifs is 1. The fourth-order valence-electron chi connectivity index (χ4n) is 2.50. The van der Waals surface area contributed by atoms with Crippen molar-refractivity contribution in [1.29, 1.82) is 0 Å². The van der Waals surface area contributed by atoms with E-state index < -0.39 is 10.0 Å². The number of thiophene rings is 1. The van der Waals surface area contributed by atoms with Crippen molar-refractivity contribution < 1.29 is 17.9 Å². The third-order valence-corrected chi connectivity index (χ3v) is 6.38. The second-order valence-electron chi connectivity index (χ2n) is 5.49. The Morgan fingerprint density at radius 3 is 2.88 bits per heavy atom. The van der Waals surface area contributed by atoms with Crippen LogP contribution in [-0.4, -0.2) is 30.9 Å². The van der Waals surface area contributed by atoms with Crippen LogP contribution >= 0.6 is 11.3 Å². The molecule has 9 heteroatoms. The SMILES string of the molecule is O=S(=O)(Nc1cnn(CC2COc3ccccc3O2)c1)c1cccs1. The van der Waals surface area contributed by atoms with Crippen LogP contribution in [0.3, 0.4) is 0 Å². The minimum Gasteiger partial charge on any atom is -0.486 e. The number of anilines is 1. The van der Waals surface area contributed by atoms with E-state index in [2.05, 4.69) is 9.82 Å². The van der Waals surface area contributed by atoms with Crippen molar-refractivity contribution in [2.75, 3.05) is 11.3 Å². The van der Waals surface area contributed by atoms with E-state index in [1.807, 2.05) is 24.3 Å². The maximum atomic E-state index is 12.2. The second-order valence-corrected chi connectivity index (χ2v) is 8.34. The summed E-state index contributed by atoms with van der Waals surface area (Å²) in [6.45, 7) is 0.863. The molecule has 0 fully saturated rings. The number of sulfonamides is 1. The van der Waals surface area contributed by atoms with Crippen molar-refractivity contribution in [2.45, 2.75) is 16.9 Å². The fraction of sp³-hybridized carbons (Fsp3) is 0.188. The van der Waals surface area contributed by atoms with Crippen LogP contribution in [0.5, 0.6) is 11.5 Å². The number of aromatic nitrogens is 2. The first-order valence-corrected chi connectivity index (χ1v) is 9.94. The summed E-state index contributed by atoms with van der Waals surface area (Å²) in [4.78, 5) is 0. The molecule has 0 saturated carbocycles. The van der Waals surface area contributed by atoms with E-state index in [1.165, 1.54) is 6.20 Å². The maximum Gasteiger partial charge on any atom is 0.271 e. The molecule has 1 atom stereocenters. The Kier molecular flexibility index (Phi) is 4.10. The largest absolute Gasteiger partial charge is 0.486 e. The molecule has 25 heavy (non-hydrogen) atoms. The molecule has 4 rings (SSSR count). The van der Waals surface area contributed by atoms with Gasteiger partial charge >= 0.3 is 0 Å². The van der Waals surface area contributed by atoms with Gasteiger partial charge in [-0.3, -0.25) is 9.40 Å². The summed E-state index contributed by atoms with van der Waals surface area (Å²) in [7, 11) is -3.57. The van der Waals surface area contributed by atoms with Crippen molar-refractivity contribution in [2.24, 2.45) is 0 Å². The van der Waals surface area contributed by atoms with E-state index in [9.17, 15) is 8.42 Å². The maximum absolute atomic E-state index is 12.2. The highest BCUT2D eigenvalue weighted by Crippen LogP contribution is 2.31. The summed E-state index contributed by atoms with van der Waals surface area (Å²) < 4.78 is 40.4. The van der Waals surface area contributed by atoms with Gasteiger partial charge < -0.3 is 9.47 Å². The van der Waals surface area contributed by atoms with E-state index in [0.717, 1.165) is 17.1 Å². The van der Waals surface area contributed by atoms with Crippen molar-refractivity contribution >= 4 is 27.0 Å². The number of para-hydroxylation sites is 2. The average Bonchev–Trinajstić information content (AvgIpc) is 3.27. The molecule has 7 nitrogen and oxygen atoms in total. The predicted octanol–water partition coefficient (Wildman–Crippen LogP) is 2.59. The first-order valence-electron chi connectivity index (χ1n) is 7.57. The molecule has 0 radical (unpaired) electrons. The van der Waals surface area contributed by atoms with Crippen LogP contribution in [0, 0.1) is 0 Å². The molecule has 0 bridgehead atoms. The fourth-order valence-corrected chi connectivity index (χ4v) is 4.52. The summed E-state index contributed by atoms with van der Waals surface area (Å²) in [6, 6.07) is 10.7. The Balaban J connectivity index is 1.42. The molecule has 1 aliphatic rings. The van der Waals surface area contributed by atoms with Crippen molar-refractivity contribution in [1.82, 2.24) is 9.78 Å². The summed E-state index contributed by atoms with van der Waals surface area (Å²) >= 11 is 1.16. The van der Waals surface area contributed by atoms with Crippen LogP contribution in [-0.2, 0) is 16.6 Å². The Morgan fingerprint density at radius 1 is 1.24 bits per heavy atom. The third-order valence-electron chi connectivity index (χ3n) is 3.60. The molecule has 1 aliphatic heterocycles. The molecule has 0 aliphatic carbocycles. The summed E-state index contributed by atoms with van der Waals surface area (Å²) in [5, 5.41) is 5.91. The highest BCUT2D eigenvalue weighted by Gasteiger charge is 2.22. The topological polar surface area (TPSA) is 82.5 Å². The molecule has 3 aromatic rings. The molecule has 0 saturated heterocycles. The number of nitrogens with zero attached hydrogens (tertiary/aromatic N) is 2. The Bertz CT molecular complexity index is 967. The predicted molar refractivity (Wildman–Crippen MR) is 93.7 cm³/mol. The second kappa shape index (κ2) is 6.41. The normalized spacial score (nSPS) is 16.6. The van der Waals surface area contributed by atoms with E-state index in [-0.39, 0.29) is 10.3 Å². The van der Waals surface area contributed by atoms with Gasteiger partial charge in [0.05, 0.1) is 18.4 Å². The van der Waals surface area contributed by atoms with E-state index in [1.54, 1.807) is 28.4 Å². The Morgan fingerprint density at radius 2 is 2.08 bits per heavy atom. The summed E-state index contributed by atoms with van der Waals surface area (Å²) in [6.07, 6.45) is 2.91. The van der Waals surface area contributed by atoms with Gasteiger partial charge in [-0.25, -0.2) is 8.42 Å². The number of ether oxygens (including phenoxy) is 2. The number of hydrogen-bond donors (Lipinski definition) is 1. The lowest BCUT2D eigenvalue weighted by Crippen LogP contribution is -2.33. The van der Waals surface area contributed by atoms with Crippen LogP contribution in [0.4, 0.5) is 5.69 Å². The number of benzene rings is 1. The van der Waals surface area contributed by atoms with Crippen LogP contribution in [0.1, 0.15) is 0 Å². The van der Waals surface area contributed by atoms with E-state index in [0.29, 0.717) is 24.6 Å². The summed E-state index contributed by atoms with van der Waals surface area (Å²) in [5.41, 5.74) is 0.408. The zero-order chi connectivity index (χ0) is 17.3. The molecule has 130 valence electrons. The van der Waals surface area contributed by atoms with Crippen LogP contribution < -0.4 is 14.2 Å². The number of nitrogens with one attached hydrogen (secondary N) is 1. The number of hydrogen-bond acceptors (Lipinski definition) is 6. The van der Waals surface area contributed by atoms with Crippen LogP contribution in [0.2, 0.25) is 0 Å². The molecular formula is C16H15N3O4S2. The first-order chi connectivity index (χ1) is 12.1. The van der Waals surface area contributed by atoms with Crippen LogP contribution in [0.15, 0.2) is 58.4 Å². The monoisotopic (exact) mass is 377 g/mol. The van der Waals surface area contributed by atoms with Gasteiger partial charge in [0.15, 0.2) is 17.6 Å². The average molecular weight is 377 g/mol. The van der Waals surface area contributed by atoms with Gasteiger partial charge in [-0.05, 0) is 23.6 Å². The zero-order valence-electron chi connectivity index (χ0n) is 13.0. The highest BCUT2D eigenvalue weighted by molar-refractivity contribution is 7.94. The lowest BCUT2D eigenvalue weighted by Gasteiger charge is -2.26. The molecule has 0 spiro atoms. The molecular weight excluding hydrogens is 362 g/mol. The lowest BCUT2D eigenvalue weighted by atomic mass is 10.2. The molecule has 1 aromatic carbocycles. The minimum atomic E-state index is -3.57. The highest BCUT2D eigenvalue weighted by atomic mass is 32.2. The van der Waals surface area contributed by atoms with Gasteiger partial charge in [-0.15, -0.1) is 11.3 Å². The number of rotatable bonds is 5. The van der Waals surface area contributed by atoms with Crippen molar-refractivity contribution in [3.8, 4) is 11.5 Å². The molecule has 2 aromatic heterocycles. The van der Waals surface area contributed by atoms with Gasteiger partial charge in [0.1, 0.15) is 10.8 Å². The van der Waals surface area contributed by atoms with Gasteiger partial charge in [0.25, 0.3) is 10.0 Å². The smallest absolute Gasteiger partial charge is 0.271 e. The molecule has 1 N–H and O–H groups in total. The standard InChI is InChI=1S/C16H15N3O4S2/c20-25(21,16-6-3-7-24-16)18-12-8-17-19(9-12)10-13-11-22-14-4-1-2-5-15(14)23-13/h1-9,13,18H,10-11H2. The minimum absolute atomic E-state index is 0.198. The van der Waals surface area contributed by atoms with Gasteiger partial charge in [0, 0.05) is 6.20 Å². The van der Waals surface area contributed by atoms with Gasteiger partial charge in [-0.2, -0.15) is 5.10 Å². The molecule has 0 amide bonds. The Labute approximate surface area is 148 Å². The Hall–Kier alpha value is -2.52. The quantitative estimate of drug-likeness (QED) is 0.739. The summed E-state index contributed by atoms with van der Waals surface area (Å²) in [5.74, 6) is 1.42. The van der Waals surface area contributed by atoms with Crippen molar-refractivity contribution in [3.05, 3.63) is 54.2 Å². The molecule has 3 heterocycles. The molecule has 1 unspecified atom stereocenters. The van der Waals surface area contributed by atoms with E-state index >= 15 is 0 Å².